The molecule has 11 heteroatoms. The van der Waals surface area contributed by atoms with E-state index in [2.05, 4.69) is 10.6 Å². The minimum atomic E-state index is -0.672. The molecular weight excluding hydrogens is 436 g/mol. The molecule has 0 spiro atoms. The van der Waals surface area contributed by atoms with Crippen LogP contribution in [0.15, 0.2) is 36.4 Å². The molecule has 2 aromatic carbocycles. The molecule has 0 saturated heterocycles. The number of rotatable bonds is 9. The van der Waals surface area contributed by atoms with Crippen molar-refractivity contribution in [1.29, 1.82) is 0 Å². The van der Waals surface area contributed by atoms with Crippen molar-refractivity contribution in [2.45, 2.75) is 32.9 Å². The molecule has 0 aromatic heterocycles. The van der Waals surface area contributed by atoms with E-state index in [1.54, 1.807) is 39.8 Å². The van der Waals surface area contributed by atoms with Crippen LogP contribution in [0.3, 0.4) is 0 Å². The van der Waals surface area contributed by atoms with Crippen LogP contribution in [0.1, 0.15) is 25.0 Å². The first-order valence-electron chi connectivity index (χ1n) is 9.72. The number of aryl methyl sites for hydroxylation is 2. The second-order valence-corrected chi connectivity index (χ2v) is 8.70. The molecule has 0 radical (unpaired) electrons. The maximum atomic E-state index is 12.8. The number of nitro groups is 2. The van der Waals surface area contributed by atoms with Crippen LogP contribution in [0, 0.1) is 40.0 Å². The quantitative estimate of drug-likeness (QED) is 0.415. The first-order chi connectivity index (χ1) is 15.0. The molecule has 0 saturated carbocycles. The molecule has 170 valence electrons. The molecule has 0 aliphatic carbocycles. The lowest BCUT2D eigenvalue weighted by atomic mass is 10.1. The molecule has 10 nitrogen and oxygen atoms in total. The largest absolute Gasteiger partial charge is 0.320 e. The lowest BCUT2D eigenvalue weighted by Gasteiger charge is -2.19. The summed E-state index contributed by atoms with van der Waals surface area (Å²) in [5.41, 5.74) is 1.10. The smallest absolute Gasteiger partial charge is 0.293 e. The number of nitrogens with one attached hydrogen (secondary N) is 2. The van der Waals surface area contributed by atoms with Gasteiger partial charge in [-0.1, -0.05) is 26.0 Å². The molecule has 1 atom stereocenters. The molecule has 32 heavy (non-hydrogen) atoms. The zero-order valence-electron chi connectivity index (χ0n) is 18.1. The van der Waals surface area contributed by atoms with Crippen molar-refractivity contribution < 1.29 is 19.4 Å². The Hall–Kier alpha value is -3.47. The first kappa shape index (κ1) is 24.8. The second kappa shape index (κ2) is 10.7. The highest BCUT2D eigenvalue weighted by atomic mass is 32.2. The normalized spacial score (nSPS) is 11.7. The number of amides is 2. The highest BCUT2D eigenvalue weighted by Crippen LogP contribution is 2.29. The van der Waals surface area contributed by atoms with Gasteiger partial charge in [0, 0.05) is 12.1 Å². The fourth-order valence-electron chi connectivity index (χ4n) is 2.92. The molecule has 2 N–H and O–H groups in total. The Kier molecular flexibility index (Phi) is 8.30. The molecule has 0 aliphatic rings. The number of thioether (sulfide) groups is 1. The Balaban J connectivity index is 2.08. The van der Waals surface area contributed by atoms with E-state index < -0.39 is 26.9 Å². The molecular formula is C21H24N4O6S. The number of carbonyl (C=O) groups excluding carboxylic acids is 2. The zero-order chi connectivity index (χ0) is 24.0. The van der Waals surface area contributed by atoms with Crippen LogP contribution in [0.2, 0.25) is 0 Å². The van der Waals surface area contributed by atoms with E-state index in [0.717, 1.165) is 11.8 Å². The van der Waals surface area contributed by atoms with Crippen molar-refractivity contribution >= 4 is 46.3 Å². The summed E-state index contributed by atoms with van der Waals surface area (Å²) in [4.78, 5) is 46.5. The molecule has 2 rings (SSSR count). The summed E-state index contributed by atoms with van der Waals surface area (Å²) in [7, 11) is 0. The number of benzene rings is 2. The van der Waals surface area contributed by atoms with Crippen molar-refractivity contribution in [3.8, 4) is 0 Å². The minimum absolute atomic E-state index is 0.0760. The van der Waals surface area contributed by atoms with Crippen molar-refractivity contribution in [1.82, 2.24) is 0 Å². The fourth-order valence-corrected chi connectivity index (χ4v) is 3.92. The second-order valence-electron chi connectivity index (χ2n) is 7.57. The van der Waals surface area contributed by atoms with E-state index in [0.29, 0.717) is 11.1 Å². The Labute approximate surface area is 189 Å². The summed E-state index contributed by atoms with van der Waals surface area (Å²) in [6, 6.07) is 8.96. The van der Waals surface area contributed by atoms with Crippen LogP contribution < -0.4 is 10.6 Å². The van der Waals surface area contributed by atoms with E-state index in [1.807, 2.05) is 0 Å². The van der Waals surface area contributed by atoms with Crippen LogP contribution in [0.5, 0.6) is 0 Å². The molecule has 0 fully saturated rings. The predicted molar refractivity (Wildman–Crippen MR) is 124 cm³/mol. The SMILES string of the molecule is Cc1ccc(NC(=O)CSC(C(=O)Nc2ccc(C)cc2[N+](=O)[O-])C(C)C)c([N+](=O)[O-])c1. The lowest BCUT2D eigenvalue weighted by molar-refractivity contribution is -0.384. The number of hydrogen-bond acceptors (Lipinski definition) is 7. The van der Waals surface area contributed by atoms with Crippen LogP contribution in [0.25, 0.3) is 0 Å². The Morgan fingerprint density at radius 1 is 0.906 bits per heavy atom. The molecule has 1 unspecified atom stereocenters. The van der Waals surface area contributed by atoms with E-state index >= 15 is 0 Å². The molecule has 0 bridgehead atoms. The van der Waals surface area contributed by atoms with Crippen LogP contribution in [-0.4, -0.2) is 32.7 Å². The average Bonchev–Trinajstić information content (AvgIpc) is 2.70. The van der Waals surface area contributed by atoms with E-state index in [9.17, 15) is 29.8 Å². The number of hydrogen-bond donors (Lipinski definition) is 2. The number of anilines is 2. The molecule has 2 amide bonds. The van der Waals surface area contributed by atoms with Gasteiger partial charge in [-0.25, -0.2) is 0 Å². The summed E-state index contributed by atoms with van der Waals surface area (Å²) in [6.07, 6.45) is 0. The third kappa shape index (κ3) is 6.51. The zero-order valence-corrected chi connectivity index (χ0v) is 18.9. The predicted octanol–water partition coefficient (Wildman–Crippen LogP) is 4.45. The van der Waals surface area contributed by atoms with Gasteiger partial charge in [-0.15, -0.1) is 11.8 Å². The maximum absolute atomic E-state index is 12.8. The summed E-state index contributed by atoms with van der Waals surface area (Å²) < 4.78 is 0. The van der Waals surface area contributed by atoms with Gasteiger partial charge in [0.2, 0.25) is 11.8 Å². The highest BCUT2D eigenvalue weighted by molar-refractivity contribution is 8.01. The van der Waals surface area contributed by atoms with Gasteiger partial charge >= 0.3 is 0 Å². The summed E-state index contributed by atoms with van der Waals surface area (Å²) in [6.45, 7) is 7.01. The number of nitrogens with zero attached hydrogens (tertiary/aromatic N) is 2. The fraction of sp³-hybridized carbons (Fsp3) is 0.333. The first-order valence-corrected chi connectivity index (χ1v) is 10.8. The van der Waals surface area contributed by atoms with Crippen molar-refractivity contribution in [2.75, 3.05) is 16.4 Å². The Morgan fingerprint density at radius 2 is 1.38 bits per heavy atom. The van der Waals surface area contributed by atoms with E-state index in [-0.39, 0.29) is 34.4 Å². The number of nitro benzene ring substituents is 2. The Morgan fingerprint density at radius 3 is 1.81 bits per heavy atom. The van der Waals surface area contributed by atoms with E-state index in [1.165, 1.54) is 24.3 Å². The van der Waals surface area contributed by atoms with Crippen LogP contribution >= 0.6 is 11.8 Å². The van der Waals surface area contributed by atoms with Gasteiger partial charge in [0.05, 0.1) is 20.8 Å². The van der Waals surface area contributed by atoms with Gasteiger partial charge in [0.25, 0.3) is 11.4 Å². The third-order valence-electron chi connectivity index (χ3n) is 4.49. The van der Waals surface area contributed by atoms with Gasteiger partial charge in [0.1, 0.15) is 11.4 Å². The standard InChI is InChI=1S/C21H24N4O6S/c1-12(2)20(21(27)23-16-8-6-14(4)10-18(16)25(30)31)32-11-19(26)22-15-7-5-13(3)9-17(15)24(28)29/h5-10,12,20H,11H2,1-4H3,(H,22,26)(H,23,27). The van der Waals surface area contributed by atoms with Crippen molar-refractivity contribution in [3.05, 3.63) is 67.8 Å². The van der Waals surface area contributed by atoms with Gasteiger partial charge in [-0.3, -0.25) is 29.8 Å². The third-order valence-corrected chi connectivity index (χ3v) is 6.04. The van der Waals surface area contributed by atoms with Gasteiger partial charge < -0.3 is 10.6 Å². The molecule has 2 aromatic rings. The van der Waals surface area contributed by atoms with Gasteiger partial charge in [-0.2, -0.15) is 0 Å². The molecule has 0 aliphatic heterocycles. The van der Waals surface area contributed by atoms with Gasteiger partial charge in [0.15, 0.2) is 0 Å². The van der Waals surface area contributed by atoms with Crippen LogP contribution in [-0.2, 0) is 9.59 Å². The Bertz CT molecular complexity index is 1060. The summed E-state index contributed by atoms with van der Waals surface area (Å²) >= 11 is 1.06. The topological polar surface area (TPSA) is 144 Å². The lowest BCUT2D eigenvalue weighted by Crippen LogP contribution is -2.31. The average molecular weight is 461 g/mol. The van der Waals surface area contributed by atoms with Crippen molar-refractivity contribution in [3.63, 3.8) is 0 Å². The molecule has 0 heterocycles. The summed E-state index contributed by atoms with van der Waals surface area (Å²) in [5.74, 6) is -1.27. The van der Waals surface area contributed by atoms with Crippen molar-refractivity contribution in [2.24, 2.45) is 5.92 Å². The van der Waals surface area contributed by atoms with E-state index in [4.69, 9.17) is 0 Å². The number of carbonyl (C=O) groups is 2. The summed E-state index contributed by atoms with van der Waals surface area (Å²) in [5, 5.41) is 26.9. The van der Waals surface area contributed by atoms with Gasteiger partial charge in [-0.05, 0) is 43.0 Å². The van der Waals surface area contributed by atoms with Crippen LogP contribution in [0.4, 0.5) is 22.7 Å². The monoisotopic (exact) mass is 460 g/mol. The maximum Gasteiger partial charge on any atom is 0.293 e. The highest BCUT2D eigenvalue weighted by Gasteiger charge is 2.26. The minimum Gasteiger partial charge on any atom is -0.320 e.